The molecule has 1 aliphatic heterocycles. The highest BCUT2D eigenvalue weighted by atomic mass is 35.5. The van der Waals surface area contributed by atoms with Gasteiger partial charge < -0.3 is 5.73 Å². The van der Waals surface area contributed by atoms with Crippen molar-refractivity contribution >= 4 is 43.0 Å². The summed E-state index contributed by atoms with van der Waals surface area (Å²) in [6.07, 6.45) is 0.718. The third-order valence-corrected chi connectivity index (χ3v) is 6.90. The lowest BCUT2D eigenvalue weighted by atomic mass is 10.3. The number of benzene rings is 1. The van der Waals surface area contributed by atoms with Crippen LogP contribution in [-0.2, 0) is 10.0 Å². The van der Waals surface area contributed by atoms with E-state index in [1.807, 2.05) is 6.07 Å². The van der Waals surface area contributed by atoms with Crippen molar-refractivity contribution in [2.24, 2.45) is 5.73 Å². The summed E-state index contributed by atoms with van der Waals surface area (Å²) in [6.45, 7) is 0.899. The third-order valence-electron chi connectivity index (χ3n) is 3.24. The van der Waals surface area contributed by atoms with Gasteiger partial charge in [0.2, 0.25) is 0 Å². The first kappa shape index (κ1) is 13.3. The van der Waals surface area contributed by atoms with E-state index in [2.05, 4.69) is 0 Å². The fraction of sp³-hybridized carbons (Fsp3) is 0.333. The summed E-state index contributed by atoms with van der Waals surface area (Å²) in [5.74, 6) is 0. The molecule has 1 atom stereocenters. The molecule has 2 aromatic rings. The Kier molecular flexibility index (Phi) is 3.31. The second-order valence-corrected chi connectivity index (χ2v) is 8.34. The van der Waals surface area contributed by atoms with Crippen LogP contribution in [0.25, 0.3) is 10.1 Å². The van der Waals surface area contributed by atoms with Crippen molar-refractivity contribution in [1.29, 1.82) is 0 Å². The van der Waals surface area contributed by atoms with Gasteiger partial charge in [-0.05, 0) is 36.1 Å². The van der Waals surface area contributed by atoms with Crippen molar-refractivity contribution < 1.29 is 8.42 Å². The van der Waals surface area contributed by atoms with Gasteiger partial charge in [-0.2, -0.15) is 4.31 Å². The molecule has 7 heteroatoms. The van der Waals surface area contributed by atoms with Gasteiger partial charge in [-0.1, -0.05) is 11.6 Å². The van der Waals surface area contributed by atoms with Gasteiger partial charge in [0.05, 0.1) is 0 Å². The molecule has 1 saturated heterocycles. The largest absolute Gasteiger partial charge is 0.326 e. The molecule has 19 heavy (non-hydrogen) atoms. The van der Waals surface area contributed by atoms with Crippen LogP contribution in [0.4, 0.5) is 0 Å². The number of rotatable bonds is 2. The average Bonchev–Trinajstić information content (AvgIpc) is 2.95. The van der Waals surface area contributed by atoms with Gasteiger partial charge in [-0.3, -0.25) is 0 Å². The first-order chi connectivity index (χ1) is 8.96. The summed E-state index contributed by atoms with van der Waals surface area (Å²) in [5.41, 5.74) is 5.77. The topological polar surface area (TPSA) is 63.4 Å². The van der Waals surface area contributed by atoms with E-state index >= 15 is 0 Å². The predicted molar refractivity (Wildman–Crippen MR) is 78.2 cm³/mol. The molecule has 0 aliphatic carbocycles. The second-order valence-electron chi connectivity index (χ2n) is 4.66. The van der Waals surface area contributed by atoms with E-state index < -0.39 is 10.0 Å². The number of nitrogens with two attached hydrogens (primary N) is 1. The Labute approximate surface area is 120 Å². The van der Waals surface area contributed by atoms with E-state index in [9.17, 15) is 8.42 Å². The number of fused-ring (bicyclic) bond motifs is 1. The fourth-order valence-electron chi connectivity index (χ4n) is 2.22. The van der Waals surface area contributed by atoms with Crippen LogP contribution in [-0.4, -0.2) is 31.9 Å². The Balaban J connectivity index is 2.03. The summed E-state index contributed by atoms with van der Waals surface area (Å²) in [6, 6.07) is 7.02. The van der Waals surface area contributed by atoms with Crippen LogP contribution >= 0.6 is 22.9 Å². The summed E-state index contributed by atoms with van der Waals surface area (Å²) >= 11 is 7.19. The predicted octanol–water partition coefficient (Wildman–Crippen LogP) is 2.28. The van der Waals surface area contributed by atoms with Crippen LogP contribution in [0, 0.1) is 0 Å². The van der Waals surface area contributed by atoms with E-state index in [1.165, 1.54) is 15.6 Å². The lowest BCUT2D eigenvalue weighted by molar-refractivity contribution is 0.474. The standard InChI is InChI=1S/C12H13ClN2O2S2/c13-9-1-2-11-8(5-9)6-12(18-11)19(16,17)15-4-3-10(14)7-15/h1-2,5-6,10H,3-4,7,14H2/t10-/m1/s1. The zero-order valence-corrected chi connectivity index (χ0v) is 12.4. The minimum absolute atomic E-state index is 0.0569. The highest BCUT2D eigenvalue weighted by molar-refractivity contribution is 7.91. The number of halogens is 1. The van der Waals surface area contributed by atoms with Crippen molar-refractivity contribution in [1.82, 2.24) is 4.31 Å². The molecule has 2 heterocycles. The number of hydrogen-bond donors (Lipinski definition) is 1. The first-order valence-electron chi connectivity index (χ1n) is 5.91. The maximum atomic E-state index is 12.5. The molecule has 0 saturated carbocycles. The van der Waals surface area contributed by atoms with Crippen molar-refractivity contribution in [3.63, 3.8) is 0 Å². The van der Waals surface area contributed by atoms with Gasteiger partial charge in [0, 0.05) is 28.9 Å². The van der Waals surface area contributed by atoms with Crippen LogP contribution in [0.1, 0.15) is 6.42 Å². The van der Waals surface area contributed by atoms with Crippen molar-refractivity contribution in [3.05, 3.63) is 29.3 Å². The van der Waals surface area contributed by atoms with Crippen LogP contribution in [0.2, 0.25) is 5.02 Å². The summed E-state index contributed by atoms with van der Waals surface area (Å²) in [5, 5.41) is 1.47. The van der Waals surface area contributed by atoms with Gasteiger partial charge in [-0.15, -0.1) is 11.3 Å². The number of thiophene rings is 1. The van der Waals surface area contributed by atoms with Crippen molar-refractivity contribution in [2.75, 3.05) is 13.1 Å². The zero-order chi connectivity index (χ0) is 13.6. The molecule has 0 bridgehead atoms. The van der Waals surface area contributed by atoms with Crippen molar-refractivity contribution in [2.45, 2.75) is 16.7 Å². The molecule has 0 spiro atoms. The van der Waals surface area contributed by atoms with E-state index in [0.29, 0.717) is 22.3 Å². The molecule has 3 rings (SSSR count). The Bertz CT molecular complexity index is 726. The quantitative estimate of drug-likeness (QED) is 0.924. The van der Waals surface area contributed by atoms with E-state index in [4.69, 9.17) is 17.3 Å². The molecular formula is C12H13ClN2O2S2. The smallest absolute Gasteiger partial charge is 0.252 e. The highest BCUT2D eigenvalue weighted by Gasteiger charge is 2.32. The number of nitrogens with zero attached hydrogens (tertiary/aromatic N) is 1. The molecule has 0 amide bonds. The maximum Gasteiger partial charge on any atom is 0.252 e. The molecule has 102 valence electrons. The van der Waals surface area contributed by atoms with Gasteiger partial charge in [0.25, 0.3) is 10.0 Å². The van der Waals surface area contributed by atoms with Crippen LogP contribution < -0.4 is 5.73 Å². The Morgan fingerprint density at radius 2 is 2.16 bits per heavy atom. The van der Waals surface area contributed by atoms with E-state index in [-0.39, 0.29) is 6.04 Å². The van der Waals surface area contributed by atoms with Gasteiger partial charge in [0.1, 0.15) is 4.21 Å². The lowest BCUT2D eigenvalue weighted by Gasteiger charge is -2.13. The number of sulfonamides is 1. The number of hydrogen-bond acceptors (Lipinski definition) is 4. The highest BCUT2D eigenvalue weighted by Crippen LogP contribution is 2.33. The van der Waals surface area contributed by atoms with Crippen LogP contribution in [0.15, 0.2) is 28.5 Å². The van der Waals surface area contributed by atoms with Crippen LogP contribution in [0.3, 0.4) is 0 Å². The monoisotopic (exact) mass is 316 g/mol. The third kappa shape index (κ3) is 2.39. The molecule has 0 radical (unpaired) electrons. The van der Waals surface area contributed by atoms with Gasteiger partial charge in [-0.25, -0.2) is 8.42 Å². The van der Waals surface area contributed by atoms with Gasteiger partial charge >= 0.3 is 0 Å². The Morgan fingerprint density at radius 3 is 2.84 bits per heavy atom. The minimum atomic E-state index is -3.42. The van der Waals surface area contributed by atoms with Crippen LogP contribution in [0.5, 0.6) is 0 Å². The molecule has 1 aromatic heterocycles. The van der Waals surface area contributed by atoms with Crippen molar-refractivity contribution in [3.8, 4) is 0 Å². The van der Waals surface area contributed by atoms with E-state index in [1.54, 1.807) is 18.2 Å². The normalized spacial score (nSPS) is 21.3. The Hall–Kier alpha value is -0.660. The molecule has 0 unspecified atom stereocenters. The molecular weight excluding hydrogens is 304 g/mol. The summed E-state index contributed by atoms with van der Waals surface area (Å²) < 4.78 is 27.7. The molecule has 4 nitrogen and oxygen atoms in total. The summed E-state index contributed by atoms with van der Waals surface area (Å²) in [4.78, 5) is 0. The lowest BCUT2D eigenvalue weighted by Crippen LogP contribution is -2.31. The molecule has 2 N–H and O–H groups in total. The second kappa shape index (κ2) is 4.71. The van der Waals surface area contributed by atoms with E-state index in [0.717, 1.165) is 16.5 Å². The SMILES string of the molecule is N[C@@H]1CCN(S(=O)(=O)c2cc3cc(Cl)ccc3s2)C1. The molecule has 1 fully saturated rings. The maximum absolute atomic E-state index is 12.5. The molecule has 1 aromatic carbocycles. The fourth-order valence-corrected chi connectivity index (χ4v) is 5.44. The zero-order valence-electron chi connectivity index (χ0n) is 10.0. The summed E-state index contributed by atoms with van der Waals surface area (Å²) in [7, 11) is -3.42. The van der Waals surface area contributed by atoms with Gasteiger partial charge in [0.15, 0.2) is 0 Å². The average molecular weight is 317 g/mol. The minimum Gasteiger partial charge on any atom is -0.326 e. The molecule has 1 aliphatic rings. The Morgan fingerprint density at radius 1 is 1.37 bits per heavy atom. The first-order valence-corrected chi connectivity index (χ1v) is 8.55.